The van der Waals surface area contributed by atoms with Crippen LogP contribution >= 0.6 is 0 Å². The Morgan fingerprint density at radius 3 is 1.76 bits per heavy atom. The molecule has 0 atom stereocenters. The van der Waals surface area contributed by atoms with Crippen molar-refractivity contribution in [2.24, 2.45) is 0 Å². The van der Waals surface area contributed by atoms with Crippen LogP contribution in [0.5, 0.6) is 0 Å². The van der Waals surface area contributed by atoms with Crippen LogP contribution in [0.2, 0.25) is 0 Å². The molecule has 3 heterocycles. The highest BCUT2D eigenvalue weighted by atomic mass is 16.3. The van der Waals surface area contributed by atoms with E-state index in [1.54, 1.807) is 0 Å². The number of furan rings is 3. The molecule has 0 fully saturated rings. The predicted molar refractivity (Wildman–Crippen MR) is 206 cm³/mol. The Bertz CT molecular complexity index is 3090. The van der Waals surface area contributed by atoms with E-state index in [-0.39, 0.29) is 0 Å². The van der Waals surface area contributed by atoms with Gasteiger partial charge in [0.2, 0.25) is 0 Å². The molecule has 8 aromatic carbocycles. The normalized spacial score (nSPS) is 12.0. The molecular formula is C46H27NO3. The molecule has 4 nitrogen and oxygen atoms in total. The summed E-state index contributed by atoms with van der Waals surface area (Å²) in [6, 6.07) is 57.0. The number of rotatable bonds is 4. The van der Waals surface area contributed by atoms with E-state index < -0.39 is 0 Å². The zero-order valence-corrected chi connectivity index (χ0v) is 26.8. The average molecular weight is 642 g/mol. The summed E-state index contributed by atoms with van der Waals surface area (Å²) in [5, 5.41) is 8.55. The Hall–Kier alpha value is -6.78. The van der Waals surface area contributed by atoms with Crippen molar-refractivity contribution in [1.29, 1.82) is 0 Å². The van der Waals surface area contributed by atoms with E-state index in [9.17, 15) is 0 Å². The highest BCUT2D eigenvalue weighted by Gasteiger charge is 2.25. The van der Waals surface area contributed by atoms with Gasteiger partial charge in [0, 0.05) is 44.1 Å². The van der Waals surface area contributed by atoms with Gasteiger partial charge in [0.1, 0.15) is 27.9 Å². The van der Waals surface area contributed by atoms with Gasteiger partial charge in [0.05, 0.1) is 16.8 Å². The second-order valence-electron chi connectivity index (χ2n) is 12.8. The van der Waals surface area contributed by atoms with Crippen LogP contribution in [0.1, 0.15) is 0 Å². The summed E-state index contributed by atoms with van der Waals surface area (Å²) in [7, 11) is 0. The Morgan fingerprint density at radius 2 is 0.940 bits per heavy atom. The summed E-state index contributed by atoms with van der Waals surface area (Å²) in [6.45, 7) is 0. The van der Waals surface area contributed by atoms with Crippen LogP contribution in [-0.2, 0) is 0 Å². The fourth-order valence-corrected chi connectivity index (χ4v) is 7.80. The first-order valence-corrected chi connectivity index (χ1v) is 16.8. The molecule has 0 aliphatic heterocycles. The van der Waals surface area contributed by atoms with Gasteiger partial charge < -0.3 is 18.2 Å². The van der Waals surface area contributed by atoms with Crippen LogP contribution < -0.4 is 4.90 Å². The third-order valence-corrected chi connectivity index (χ3v) is 10.1. The second-order valence-corrected chi connectivity index (χ2v) is 12.8. The Labute approximate surface area is 286 Å². The van der Waals surface area contributed by atoms with E-state index in [1.807, 2.05) is 30.3 Å². The zero-order valence-electron chi connectivity index (χ0n) is 26.8. The zero-order chi connectivity index (χ0) is 32.8. The summed E-state index contributed by atoms with van der Waals surface area (Å²) < 4.78 is 20.0. The summed E-state index contributed by atoms with van der Waals surface area (Å²) in [4.78, 5) is 2.28. The molecule has 0 unspecified atom stereocenters. The number of para-hydroxylation sites is 3. The van der Waals surface area contributed by atoms with Crippen LogP contribution in [0.4, 0.5) is 17.1 Å². The lowest BCUT2D eigenvalue weighted by Crippen LogP contribution is -2.10. The van der Waals surface area contributed by atoms with E-state index >= 15 is 0 Å². The van der Waals surface area contributed by atoms with Gasteiger partial charge in [0.25, 0.3) is 0 Å². The third-order valence-electron chi connectivity index (χ3n) is 10.1. The fourth-order valence-electron chi connectivity index (χ4n) is 7.80. The summed E-state index contributed by atoms with van der Waals surface area (Å²) in [5.74, 6) is 0. The Kier molecular flexibility index (Phi) is 5.63. The number of benzene rings is 8. The number of anilines is 3. The molecule has 0 aliphatic carbocycles. The SMILES string of the molecule is c1ccc(-c2ccc(N(c3ccc4c(c3)oc3ccccc34)c3cccc4c3oc3c4c4ccccc4c4oc5ccccc5c43)cc2)cc1. The van der Waals surface area contributed by atoms with E-state index in [2.05, 4.69) is 138 Å². The first kappa shape index (κ1) is 27.2. The van der Waals surface area contributed by atoms with Crippen molar-refractivity contribution in [3.05, 3.63) is 164 Å². The minimum atomic E-state index is 0.808. The second kappa shape index (κ2) is 10.4. The van der Waals surface area contributed by atoms with Gasteiger partial charge in [-0.25, -0.2) is 0 Å². The third kappa shape index (κ3) is 3.87. The molecule has 0 aliphatic rings. The molecule has 0 saturated heterocycles. The van der Waals surface area contributed by atoms with E-state index in [0.717, 1.165) is 99.2 Å². The number of nitrogens with zero attached hydrogens (tertiary/aromatic N) is 1. The van der Waals surface area contributed by atoms with Gasteiger partial charge in [-0.2, -0.15) is 0 Å². The van der Waals surface area contributed by atoms with Crippen molar-refractivity contribution in [1.82, 2.24) is 0 Å². The number of hydrogen-bond donors (Lipinski definition) is 0. The van der Waals surface area contributed by atoms with Crippen molar-refractivity contribution >= 4 is 93.7 Å². The minimum absolute atomic E-state index is 0.808. The number of hydrogen-bond acceptors (Lipinski definition) is 4. The van der Waals surface area contributed by atoms with Crippen LogP contribution in [-0.4, -0.2) is 0 Å². The maximum absolute atomic E-state index is 7.10. The molecule has 234 valence electrons. The molecule has 11 aromatic rings. The standard InChI is InChI=1S/C46H27NO3/c1-2-11-28(12-3-1)29-21-23-30(24-22-29)47(31-25-26-33-32-13-6-8-19-39(32)48-41(33)27-31)38-18-10-17-37-42-34-14-4-5-15-35(34)45-43(46(42)50-44(37)38)36-16-7-9-20-40(36)49-45/h1-27H. The molecule has 0 bridgehead atoms. The van der Waals surface area contributed by atoms with Gasteiger partial charge in [-0.05, 0) is 59.0 Å². The lowest BCUT2D eigenvalue weighted by Gasteiger charge is -2.25. The van der Waals surface area contributed by atoms with Crippen molar-refractivity contribution < 1.29 is 13.3 Å². The molecule has 0 saturated carbocycles. The molecular weight excluding hydrogens is 615 g/mol. The highest BCUT2D eigenvalue weighted by Crippen LogP contribution is 2.48. The summed E-state index contributed by atoms with van der Waals surface area (Å²) in [5.41, 5.74) is 10.3. The first-order valence-electron chi connectivity index (χ1n) is 16.8. The highest BCUT2D eigenvalue weighted by molar-refractivity contribution is 6.34. The quantitative estimate of drug-likeness (QED) is 0.192. The average Bonchev–Trinajstić information content (AvgIpc) is 3.87. The van der Waals surface area contributed by atoms with Gasteiger partial charge in [0.15, 0.2) is 5.58 Å². The molecule has 50 heavy (non-hydrogen) atoms. The monoisotopic (exact) mass is 641 g/mol. The van der Waals surface area contributed by atoms with Crippen molar-refractivity contribution in [2.75, 3.05) is 4.90 Å². The maximum atomic E-state index is 7.10. The Morgan fingerprint density at radius 1 is 0.320 bits per heavy atom. The van der Waals surface area contributed by atoms with Gasteiger partial charge in [-0.1, -0.05) is 115 Å². The lowest BCUT2D eigenvalue weighted by atomic mass is 9.99. The molecule has 3 aromatic heterocycles. The topological polar surface area (TPSA) is 42.7 Å². The molecule has 0 spiro atoms. The molecule has 11 rings (SSSR count). The van der Waals surface area contributed by atoms with Crippen LogP contribution in [0.3, 0.4) is 0 Å². The fraction of sp³-hybridized carbons (Fsp3) is 0. The summed E-state index contributed by atoms with van der Waals surface area (Å²) >= 11 is 0. The first-order chi connectivity index (χ1) is 24.8. The van der Waals surface area contributed by atoms with Crippen LogP contribution in [0, 0.1) is 0 Å². The van der Waals surface area contributed by atoms with E-state index in [1.165, 1.54) is 5.56 Å². The lowest BCUT2D eigenvalue weighted by molar-refractivity contribution is 0.665. The van der Waals surface area contributed by atoms with Crippen LogP contribution in [0.15, 0.2) is 177 Å². The Balaban J connectivity index is 1.21. The van der Waals surface area contributed by atoms with E-state index in [0.29, 0.717) is 0 Å². The molecule has 4 heteroatoms. The van der Waals surface area contributed by atoms with Gasteiger partial charge in [-0.15, -0.1) is 0 Å². The smallest absolute Gasteiger partial charge is 0.159 e. The number of fused-ring (bicyclic) bond motifs is 13. The van der Waals surface area contributed by atoms with E-state index in [4.69, 9.17) is 13.3 Å². The maximum Gasteiger partial charge on any atom is 0.159 e. The largest absolute Gasteiger partial charge is 0.456 e. The van der Waals surface area contributed by atoms with Crippen molar-refractivity contribution in [3.63, 3.8) is 0 Å². The predicted octanol–water partition coefficient (Wildman–Crippen LogP) is 13.7. The van der Waals surface area contributed by atoms with Gasteiger partial charge in [-0.3, -0.25) is 0 Å². The molecule has 0 radical (unpaired) electrons. The van der Waals surface area contributed by atoms with Crippen molar-refractivity contribution in [3.8, 4) is 11.1 Å². The van der Waals surface area contributed by atoms with Crippen molar-refractivity contribution in [2.45, 2.75) is 0 Å². The molecule has 0 N–H and O–H groups in total. The van der Waals surface area contributed by atoms with Gasteiger partial charge >= 0.3 is 0 Å². The minimum Gasteiger partial charge on any atom is -0.456 e. The molecule has 0 amide bonds. The summed E-state index contributed by atoms with van der Waals surface area (Å²) in [6.07, 6.45) is 0. The van der Waals surface area contributed by atoms with Crippen LogP contribution in [0.25, 0.3) is 87.7 Å².